The van der Waals surface area contributed by atoms with E-state index < -0.39 is 0 Å². The number of ether oxygens (including phenoxy) is 1. The van der Waals surface area contributed by atoms with Crippen LogP contribution in [-0.2, 0) is 6.42 Å². The second-order valence-electron chi connectivity index (χ2n) is 6.85. The van der Waals surface area contributed by atoms with Gasteiger partial charge in [0.15, 0.2) is 0 Å². The standard InChI is InChI=1S/C21H28N4O2/c1-3-17-6-4-5-15-25(17)20(26)19-12-14-23-21(24-19)22-13-11-16-7-9-18(27-2)10-8-16/h7-10,12,14,17H,3-6,11,13,15H2,1-2H3,(H,22,23,24). The minimum atomic E-state index is 0.0159. The summed E-state index contributed by atoms with van der Waals surface area (Å²) in [4.78, 5) is 23.5. The molecule has 0 radical (unpaired) electrons. The summed E-state index contributed by atoms with van der Waals surface area (Å²) in [7, 11) is 1.66. The highest BCUT2D eigenvalue weighted by atomic mass is 16.5. The monoisotopic (exact) mass is 368 g/mol. The number of nitrogens with zero attached hydrogens (tertiary/aromatic N) is 3. The number of methoxy groups -OCH3 is 1. The van der Waals surface area contributed by atoms with Gasteiger partial charge in [-0.15, -0.1) is 0 Å². The first kappa shape index (κ1) is 19.1. The molecule has 27 heavy (non-hydrogen) atoms. The molecule has 1 atom stereocenters. The molecule has 6 nitrogen and oxygen atoms in total. The van der Waals surface area contributed by atoms with Gasteiger partial charge in [0.05, 0.1) is 7.11 Å². The molecule has 0 bridgehead atoms. The largest absolute Gasteiger partial charge is 0.497 e. The Morgan fingerprint density at radius 3 is 2.81 bits per heavy atom. The maximum Gasteiger partial charge on any atom is 0.272 e. The van der Waals surface area contributed by atoms with Crippen molar-refractivity contribution in [2.24, 2.45) is 0 Å². The number of amides is 1. The highest BCUT2D eigenvalue weighted by Gasteiger charge is 2.27. The van der Waals surface area contributed by atoms with Crippen LogP contribution in [0.25, 0.3) is 0 Å². The van der Waals surface area contributed by atoms with Crippen LogP contribution in [0.1, 0.15) is 48.7 Å². The topological polar surface area (TPSA) is 67.4 Å². The van der Waals surface area contributed by atoms with E-state index >= 15 is 0 Å². The lowest BCUT2D eigenvalue weighted by atomic mass is 9.99. The van der Waals surface area contributed by atoms with Gasteiger partial charge < -0.3 is 15.0 Å². The number of hydrogen-bond acceptors (Lipinski definition) is 5. The molecule has 144 valence electrons. The highest BCUT2D eigenvalue weighted by molar-refractivity contribution is 5.92. The number of benzene rings is 1. The summed E-state index contributed by atoms with van der Waals surface area (Å²) in [5, 5.41) is 3.22. The van der Waals surface area contributed by atoms with E-state index in [1.165, 1.54) is 12.0 Å². The van der Waals surface area contributed by atoms with Crippen LogP contribution >= 0.6 is 0 Å². The maximum absolute atomic E-state index is 12.9. The SMILES string of the molecule is CCC1CCCCN1C(=O)c1ccnc(NCCc2ccc(OC)cc2)n1. The maximum atomic E-state index is 12.9. The average molecular weight is 368 g/mol. The van der Waals surface area contributed by atoms with E-state index in [9.17, 15) is 4.79 Å². The molecule has 1 aromatic carbocycles. The van der Waals surface area contributed by atoms with E-state index in [2.05, 4.69) is 22.2 Å². The van der Waals surface area contributed by atoms with Crippen LogP contribution in [0.2, 0.25) is 0 Å². The van der Waals surface area contributed by atoms with Gasteiger partial charge in [0.1, 0.15) is 11.4 Å². The van der Waals surface area contributed by atoms with Gasteiger partial charge >= 0.3 is 0 Å². The summed E-state index contributed by atoms with van der Waals surface area (Å²) in [6, 6.07) is 10.0. The van der Waals surface area contributed by atoms with Crippen LogP contribution in [0.15, 0.2) is 36.5 Å². The first-order valence-corrected chi connectivity index (χ1v) is 9.72. The summed E-state index contributed by atoms with van der Waals surface area (Å²) >= 11 is 0. The zero-order chi connectivity index (χ0) is 19.1. The number of rotatable bonds is 7. The molecule has 1 saturated heterocycles. The number of piperidine rings is 1. The van der Waals surface area contributed by atoms with Crippen LogP contribution in [0.3, 0.4) is 0 Å². The van der Waals surface area contributed by atoms with Crippen molar-refractivity contribution < 1.29 is 9.53 Å². The lowest BCUT2D eigenvalue weighted by Gasteiger charge is -2.35. The zero-order valence-corrected chi connectivity index (χ0v) is 16.1. The predicted octanol–water partition coefficient (Wildman–Crippen LogP) is 3.54. The number of anilines is 1. The fourth-order valence-corrected chi connectivity index (χ4v) is 3.51. The minimum Gasteiger partial charge on any atom is -0.497 e. The summed E-state index contributed by atoms with van der Waals surface area (Å²) < 4.78 is 5.17. The fourth-order valence-electron chi connectivity index (χ4n) is 3.51. The Morgan fingerprint density at radius 2 is 2.07 bits per heavy atom. The van der Waals surface area contributed by atoms with Crippen LogP contribution in [0.4, 0.5) is 5.95 Å². The first-order chi connectivity index (χ1) is 13.2. The number of nitrogens with one attached hydrogen (secondary N) is 1. The van der Waals surface area contributed by atoms with Crippen molar-refractivity contribution in [3.63, 3.8) is 0 Å². The third-order valence-electron chi connectivity index (χ3n) is 5.09. The van der Waals surface area contributed by atoms with Gasteiger partial charge in [-0.3, -0.25) is 4.79 Å². The molecular formula is C21H28N4O2. The van der Waals surface area contributed by atoms with Crippen molar-refractivity contribution in [2.45, 2.75) is 45.1 Å². The predicted molar refractivity (Wildman–Crippen MR) is 106 cm³/mol. The summed E-state index contributed by atoms with van der Waals surface area (Å²) in [6.07, 6.45) is 6.84. The van der Waals surface area contributed by atoms with Gasteiger partial charge in [0.2, 0.25) is 5.95 Å². The molecule has 1 aliphatic heterocycles. The molecule has 1 fully saturated rings. The summed E-state index contributed by atoms with van der Waals surface area (Å²) in [5.41, 5.74) is 1.67. The molecule has 1 aliphatic rings. The molecule has 1 N–H and O–H groups in total. The molecule has 0 saturated carbocycles. The van der Waals surface area contributed by atoms with Gasteiger partial charge in [0.25, 0.3) is 5.91 Å². The van der Waals surface area contributed by atoms with Crippen molar-refractivity contribution in [3.8, 4) is 5.75 Å². The smallest absolute Gasteiger partial charge is 0.272 e. The molecule has 2 aromatic rings. The Labute approximate surface area is 161 Å². The highest BCUT2D eigenvalue weighted by Crippen LogP contribution is 2.21. The molecule has 1 unspecified atom stereocenters. The number of aromatic nitrogens is 2. The molecular weight excluding hydrogens is 340 g/mol. The fraction of sp³-hybridized carbons (Fsp3) is 0.476. The molecule has 0 spiro atoms. The quantitative estimate of drug-likeness (QED) is 0.810. The minimum absolute atomic E-state index is 0.0159. The Bertz CT molecular complexity index is 748. The number of carbonyl (C=O) groups is 1. The first-order valence-electron chi connectivity index (χ1n) is 9.72. The Morgan fingerprint density at radius 1 is 1.26 bits per heavy atom. The number of hydrogen-bond donors (Lipinski definition) is 1. The van der Waals surface area contributed by atoms with Crippen molar-refractivity contribution in [3.05, 3.63) is 47.8 Å². The van der Waals surface area contributed by atoms with E-state index in [1.807, 2.05) is 29.2 Å². The van der Waals surface area contributed by atoms with Gasteiger partial charge in [-0.2, -0.15) is 0 Å². The normalized spacial score (nSPS) is 16.8. The third kappa shape index (κ3) is 4.96. The molecule has 1 aromatic heterocycles. The number of carbonyl (C=O) groups excluding carboxylic acids is 1. The van der Waals surface area contributed by atoms with E-state index in [0.29, 0.717) is 24.2 Å². The Balaban J connectivity index is 1.58. The number of likely N-dealkylation sites (tertiary alicyclic amines) is 1. The van der Waals surface area contributed by atoms with Crippen LogP contribution < -0.4 is 10.1 Å². The molecule has 1 amide bonds. The molecule has 2 heterocycles. The van der Waals surface area contributed by atoms with Crippen LogP contribution in [0.5, 0.6) is 5.75 Å². The van der Waals surface area contributed by atoms with Crippen molar-refractivity contribution in [1.29, 1.82) is 0 Å². The second kappa shape index (κ2) is 9.35. The summed E-state index contributed by atoms with van der Waals surface area (Å²) in [6.45, 7) is 3.66. The van der Waals surface area contributed by atoms with Crippen LogP contribution in [-0.4, -0.2) is 47.0 Å². The average Bonchev–Trinajstić information content (AvgIpc) is 2.74. The molecule has 0 aliphatic carbocycles. The second-order valence-corrected chi connectivity index (χ2v) is 6.85. The lowest BCUT2D eigenvalue weighted by molar-refractivity contribution is 0.0602. The van der Waals surface area contributed by atoms with Gasteiger partial charge in [-0.05, 0) is 55.9 Å². The Kier molecular flexibility index (Phi) is 6.63. The van der Waals surface area contributed by atoms with Gasteiger partial charge in [0, 0.05) is 25.3 Å². The Hall–Kier alpha value is -2.63. The van der Waals surface area contributed by atoms with E-state index in [0.717, 1.165) is 38.0 Å². The van der Waals surface area contributed by atoms with Gasteiger partial charge in [-0.1, -0.05) is 19.1 Å². The van der Waals surface area contributed by atoms with Gasteiger partial charge in [-0.25, -0.2) is 9.97 Å². The zero-order valence-electron chi connectivity index (χ0n) is 16.1. The van der Waals surface area contributed by atoms with Crippen molar-refractivity contribution >= 4 is 11.9 Å². The summed E-state index contributed by atoms with van der Waals surface area (Å²) in [5.74, 6) is 1.37. The lowest BCUT2D eigenvalue weighted by Crippen LogP contribution is -2.43. The molecule has 6 heteroatoms. The van der Waals surface area contributed by atoms with E-state index in [1.54, 1.807) is 19.4 Å². The third-order valence-corrected chi connectivity index (χ3v) is 5.09. The van der Waals surface area contributed by atoms with E-state index in [-0.39, 0.29) is 5.91 Å². The van der Waals surface area contributed by atoms with E-state index in [4.69, 9.17) is 4.74 Å². The van der Waals surface area contributed by atoms with Crippen molar-refractivity contribution in [2.75, 3.05) is 25.5 Å². The molecule has 3 rings (SSSR count). The van der Waals surface area contributed by atoms with Crippen LogP contribution in [0, 0.1) is 0 Å². The van der Waals surface area contributed by atoms with Crippen molar-refractivity contribution in [1.82, 2.24) is 14.9 Å².